The van der Waals surface area contributed by atoms with E-state index in [9.17, 15) is 9.90 Å². The number of aliphatic hydroxyl groups excluding tert-OH is 1. The Kier molecular flexibility index (Phi) is 3.46. The Bertz CT molecular complexity index is 300. The number of hydrogen-bond donors (Lipinski definition) is 2. The van der Waals surface area contributed by atoms with Gasteiger partial charge >= 0.3 is 0 Å². The molecule has 0 saturated heterocycles. The van der Waals surface area contributed by atoms with Gasteiger partial charge in [-0.05, 0) is 38.5 Å². The summed E-state index contributed by atoms with van der Waals surface area (Å²) in [4.78, 5) is 14.1. The molecule has 0 aromatic carbocycles. The molecule has 4 nitrogen and oxygen atoms in total. The Labute approximate surface area is 103 Å². The number of hydrogen-bond acceptors (Lipinski definition) is 3. The van der Waals surface area contributed by atoms with Gasteiger partial charge < -0.3 is 15.7 Å². The van der Waals surface area contributed by atoms with Crippen LogP contribution in [0.25, 0.3) is 0 Å². The second-order valence-electron chi connectivity index (χ2n) is 5.89. The summed E-state index contributed by atoms with van der Waals surface area (Å²) in [5, 5.41) is 9.97. The molecule has 0 radical (unpaired) electrons. The largest absolute Gasteiger partial charge is 0.391 e. The minimum absolute atomic E-state index is 0.00838. The van der Waals surface area contributed by atoms with Crippen LogP contribution in [0.15, 0.2) is 0 Å². The lowest BCUT2D eigenvalue weighted by Crippen LogP contribution is -2.58. The molecule has 4 heteroatoms. The fourth-order valence-electron chi connectivity index (χ4n) is 2.93. The van der Waals surface area contributed by atoms with Crippen LogP contribution in [0, 0.1) is 5.92 Å². The molecular weight excluding hydrogens is 216 g/mol. The molecule has 1 amide bonds. The first-order valence-electron chi connectivity index (χ1n) is 6.69. The van der Waals surface area contributed by atoms with Gasteiger partial charge in [0, 0.05) is 7.05 Å². The van der Waals surface area contributed by atoms with Crippen LogP contribution in [0.1, 0.15) is 45.4 Å². The third kappa shape index (κ3) is 2.47. The first kappa shape index (κ1) is 12.8. The van der Waals surface area contributed by atoms with E-state index in [1.54, 1.807) is 11.9 Å². The maximum absolute atomic E-state index is 12.4. The third-order valence-corrected chi connectivity index (χ3v) is 4.40. The molecule has 17 heavy (non-hydrogen) atoms. The van der Waals surface area contributed by atoms with Crippen LogP contribution in [0.4, 0.5) is 0 Å². The van der Waals surface area contributed by atoms with Crippen LogP contribution in [-0.2, 0) is 4.79 Å². The van der Waals surface area contributed by atoms with Crippen molar-refractivity contribution < 1.29 is 9.90 Å². The topological polar surface area (TPSA) is 66.6 Å². The van der Waals surface area contributed by atoms with Gasteiger partial charge in [0.1, 0.15) is 0 Å². The number of likely N-dealkylation sites (N-methyl/N-ethyl adjacent to an activating group) is 1. The van der Waals surface area contributed by atoms with E-state index < -0.39 is 5.54 Å². The predicted molar refractivity (Wildman–Crippen MR) is 66.3 cm³/mol. The molecule has 2 saturated carbocycles. The van der Waals surface area contributed by atoms with Gasteiger partial charge in [0.15, 0.2) is 0 Å². The third-order valence-electron chi connectivity index (χ3n) is 4.40. The predicted octanol–water partition coefficient (Wildman–Crippen LogP) is 0.876. The van der Waals surface area contributed by atoms with Gasteiger partial charge in [-0.25, -0.2) is 0 Å². The van der Waals surface area contributed by atoms with Crippen molar-refractivity contribution in [2.75, 3.05) is 7.05 Å². The van der Waals surface area contributed by atoms with Crippen LogP contribution in [0.3, 0.4) is 0 Å². The summed E-state index contributed by atoms with van der Waals surface area (Å²) in [6, 6.07) is -0.0436. The molecule has 0 aromatic heterocycles. The highest BCUT2D eigenvalue weighted by atomic mass is 16.3. The lowest BCUT2D eigenvalue weighted by atomic mass is 9.89. The lowest BCUT2D eigenvalue weighted by Gasteiger charge is -2.39. The zero-order chi connectivity index (χ0) is 12.6. The molecule has 0 spiro atoms. The van der Waals surface area contributed by atoms with E-state index in [1.165, 1.54) is 0 Å². The van der Waals surface area contributed by atoms with E-state index in [0.29, 0.717) is 5.92 Å². The van der Waals surface area contributed by atoms with E-state index in [2.05, 4.69) is 0 Å². The average Bonchev–Trinajstić information content (AvgIpc) is 3.11. The lowest BCUT2D eigenvalue weighted by molar-refractivity contribution is -0.141. The van der Waals surface area contributed by atoms with Crippen molar-refractivity contribution in [1.29, 1.82) is 0 Å². The summed E-state index contributed by atoms with van der Waals surface area (Å²) < 4.78 is 0. The smallest absolute Gasteiger partial charge is 0.242 e. The Balaban J connectivity index is 2.02. The summed E-state index contributed by atoms with van der Waals surface area (Å²) in [6.07, 6.45) is 5.57. The normalized spacial score (nSPS) is 32.9. The molecular formula is C13H24N2O2. The number of aliphatic hydroxyl groups is 1. The van der Waals surface area contributed by atoms with Gasteiger partial charge in [-0.1, -0.05) is 12.8 Å². The van der Waals surface area contributed by atoms with Crippen LogP contribution in [0.5, 0.6) is 0 Å². The molecule has 3 atom stereocenters. The number of nitrogens with zero attached hydrogens (tertiary/aromatic N) is 1. The Morgan fingerprint density at radius 2 is 1.88 bits per heavy atom. The molecule has 3 N–H and O–H groups in total. The minimum Gasteiger partial charge on any atom is -0.391 e. The quantitative estimate of drug-likeness (QED) is 0.769. The molecule has 0 heterocycles. The van der Waals surface area contributed by atoms with Gasteiger partial charge in [-0.2, -0.15) is 0 Å². The van der Waals surface area contributed by atoms with E-state index in [0.717, 1.165) is 38.5 Å². The molecule has 98 valence electrons. The molecule has 2 aliphatic carbocycles. The maximum atomic E-state index is 12.4. The van der Waals surface area contributed by atoms with Crippen molar-refractivity contribution in [3.63, 3.8) is 0 Å². The zero-order valence-electron chi connectivity index (χ0n) is 10.9. The van der Waals surface area contributed by atoms with Crippen molar-refractivity contribution in [3.8, 4) is 0 Å². The van der Waals surface area contributed by atoms with Crippen LogP contribution >= 0.6 is 0 Å². The standard InChI is InChI=1S/C13H24N2O2/c1-13(14,9-7-8-9)12(17)15(2)10-5-3-4-6-11(10)16/h9-11,16H,3-8,14H2,1-2H3. The molecule has 2 fully saturated rings. The summed E-state index contributed by atoms with van der Waals surface area (Å²) in [5.74, 6) is 0.323. The van der Waals surface area contributed by atoms with Crippen molar-refractivity contribution in [1.82, 2.24) is 4.90 Å². The van der Waals surface area contributed by atoms with Crippen molar-refractivity contribution in [2.45, 2.75) is 63.1 Å². The van der Waals surface area contributed by atoms with Crippen molar-refractivity contribution >= 4 is 5.91 Å². The first-order chi connectivity index (χ1) is 7.94. The molecule has 3 unspecified atom stereocenters. The average molecular weight is 240 g/mol. The molecule has 0 aliphatic heterocycles. The summed E-state index contributed by atoms with van der Waals surface area (Å²) >= 11 is 0. The Morgan fingerprint density at radius 1 is 1.29 bits per heavy atom. The zero-order valence-corrected chi connectivity index (χ0v) is 10.9. The number of nitrogens with two attached hydrogens (primary N) is 1. The van der Waals surface area contributed by atoms with Gasteiger partial charge in [-0.3, -0.25) is 4.79 Å². The molecule has 0 aromatic rings. The highest BCUT2D eigenvalue weighted by molar-refractivity contribution is 5.86. The van der Waals surface area contributed by atoms with E-state index in [4.69, 9.17) is 5.73 Å². The molecule has 2 aliphatic rings. The van der Waals surface area contributed by atoms with Gasteiger partial charge in [0.05, 0.1) is 17.7 Å². The van der Waals surface area contributed by atoms with Gasteiger partial charge in [0.25, 0.3) is 0 Å². The number of carbonyl (C=O) groups excluding carboxylic acids is 1. The molecule has 0 bridgehead atoms. The summed E-state index contributed by atoms with van der Waals surface area (Å²) in [6.45, 7) is 1.83. The maximum Gasteiger partial charge on any atom is 0.242 e. The number of amides is 1. The second-order valence-corrected chi connectivity index (χ2v) is 5.89. The summed E-state index contributed by atoms with van der Waals surface area (Å²) in [5.41, 5.74) is 5.40. The number of rotatable bonds is 3. The van der Waals surface area contributed by atoms with Crippen LogP contribution in [0.2, 0.25) is 0 Å². The van der Waals surface area contributed by atoms with Gasteiger partial charge in [0.2, 0.25) is 5.91 Å². The SMILES string of the molecule is CN(C(=O)C(C)(N)C1CC1)C1CCCCC1O. The van der Waals surface area contributed by atoms with E-state index in [1.807, 2.05) is 6.92 Å². The Morgan fingerprint density at radius 3 is 2.41 bits per heavy atom. The second kappa shape index (κ2) is 4.58. The minimum atomic E-state index is -0.744. The number of carbonyl (C=O) groups is 1. The fraction of sp³-hybridized carbons (Fsp3) is 0.923. The fourth-order valence-corrected chi connectivity index (χ4v) is 2.93. The van der Waals surface area contributed by atoms with Crippen LogP contribution < -0.4 is 5.73 Å². The Hall–Kier alpha value is -0.610. The monoisotopic (exact) mass is 240 g/mol. The van der Waals surface area contributed by atoms with E-state index in [-0.39, 0.29) is 18.1 Å². The highest BCUT2D eigenvalue weighted by Gasteiger charge is 2.47. The molecule has 2 rings (SSSR count). The summed E-state index contributed by atoms with van der Waals surface area (Å²) in [7, 11) is 1.79. The highest BCUT2D eigenvalue weighted by Crippen LogP contribution is 2.39. The van der Waals surface area contributed by atoms with Crippen LogP contribution in [-0.4, -0.2) is 40.6 Å². The van der Waals surface area contributed by atoms with Crippen molar-refractivity contribution in [3.05, 3.63) is 0 Å². The first-order valence-corrected chi connectivity index (χ1v) is 6.69. The van der Waals surface area contributed by atoms with Gasteiger partial charge in [-0.15, -0.1) is 0 Å². The van der Waals surface area contributed by atoms with E-state index >= 15 is 0 Å². The van der Waals surface area contributed by atoms with Crippen molar-refractivity contribution in [2.24, 2.45) is 11.7 Å².